The zero-order valence-electron chi connectivity index (χ0n) is 14.1. The van der Waals surface area contributed by atoms with E-state index in [-0.39, 0.29) is 11.6 Å². The summed E-state index contributed by atoms with van der Waals surface area (Å²) in [6.07, 6.45) is 1.46. The van der Waals surface area contributed by atoms with Gasteiger partial charge in [-0.25, -0.2) is 9.37 Å². The number of benzene rings is 1. The molecular formula is C18H21FN4O2. The highest BCUT2D eigenvalue weighted by molar-refractivity contribution is 6.01. The van der Waals surface area contributed by atoms with E-state index in [4.69, 9.17) is 4.84 Å². The Balaban J connectivity index is 1.61. The molecule has 25 heavy (non-hydrogen) atoms. The first-order chi connectivity index (χ1) is 12.2. The fraction of sp³-hybridized carbons (Fsp3) is 0.333. The monoisotopic (exact) mass is 344 g/mol. The third kappa shape index (κ3) is 4.45. The molecule has 0 radical (unpaired) electrons. The van der Waals surface area contributed by atoms with Crippen LogP contribution in [0.1, 0.15) is 5.56 Å². The molecule has 0 atom stereocenters. The number of nitrogens with zero attached hydrogens (tertiary/aromatic N) is 4. The van der Waals surface area contributed by atoms with Gasteiger partial charge in [0.1, 0.15) is 30.2 Å². The van der Waals surface area contributed by atoms with E-state index in [0.29, 0.717) is 6.54 Å². The van der Waals surface area contributed by atoms with Gasteiger partial charge in [0.05, 0.1) is 6.20 Å². The maximum Gasteiger partial charge on any atom is 0.134 e. The van der Waals surface area contributed by atoms with Crippen molar-refractivity contribution in [2.75, 3.05) is 44.7 Å². The van der Waals surface area contributed by atoms with Gasteiger partial charge in [0.25, 0.3) is 0 Å². The minimum Gasteiger partial charge on any atom is -0.506 e. The first kappa shape index (κ1) is 17.2. The second-order valence-electron chi connectivity index (χ2n) is 5.87. The molecule has 2 heterocycles. The Morgan fingerprint density at radius 2 is 1.88 bits per heavy atom. The summed E-state index contributed by atoms with van der Waals surface area (Å²) >= 11 is 0. The molecule has 0 saturated carbocycles. The third-order valence-corrected chi connectivity index (χ3v) is 4.18. The molecule has 1 fully saturated rings. The lowest BCUT2D eigenvalue weighted by molar-refractivity contribution is 0.209. The smallest absolute Gasteiger partial charge is 0.134 e. The lowest BCUT2D eigenvalue weighted by atomic mass is 10.1. The SMILES string of the molecule is CO/N=C(/CN1CCN(c2ccc(O)cn2)CC1)c1ccc(F)cc1. The molecule has 132 valence electrons. The summed E-state index contributed by atoms with van der Waals surface area (Å²) in [5, 5.41) is 13.4. The van der Waals surface area contributed by atoms with Crippen molar-refractivity contribution in [1.29, 1.82) is 0 Å². The number of piperazine rings is 1. The van der Waals surface area contributed by atoms with Gasteiger partial charge >= 0.3 is 0 Å². The number of pyridine rings is 1. The maximum atomic E-state index is 13.1. The summed E-state index contributed by atoms with van der Waals surface area (Å²) in [6.45, 7) is 4.01. The van der Waals surface area contributed by atoms with Crippen LogP contribution < -0.4 is 4.90 Å². The molecule has 1 aliphatic rings. The summed E-state index contributed by atoms with van der Waals surface area (Å²) in [7, 11) is 1.51. The van der Waals surface area contributed by atoms with Gasteiger partial charge in [-0.3, -0.25) is 4.90 Å². The van der Waals surface area contributed by atoms with Crippen molar-refractivity contribution in [2.24, 2.45) is 5.16 Å². The van der Waals surface area contributed by atoms with Crippen molar-refractivity contribution in [3.05, 3.63) is 54.0 Å². The normalized spacial score (nSPS) is 16.1. The Kier molecular flexibility index (Phi) is 5.45. The van der Waals surface area contributed by atoms with Gasteiger partial charge in [-0.1, -0.05) is 17.3 Å². The molecular weight excluding hydrogens is 323 g/mol. The predicted octanol–water partition coefficient (Wildman–Crippen LogP) is 2.10. The summed E-state index contributed by atoms with van der Waals surface area (Å²) < 4.78 is 13.1. The predicted molar refractivity (Wildman–Crippen MR) is 94.5 cm³/mol. The highest BCUT2D eigenvalue weighted by atomic mass is 19.1. The quantitative estimate of drug-likeness (QED) is 0.665. The van der Waals surface area contributed by atoms with E-state index in [0.717, 1.165) is 43.3 Å². The number of anilines is 1. The zero-order valence-corrected chi connectivity index (χ0v) is 14.1. The fourth-order valence-corrected chi connectivity index (χ4v) is 2.84. The van der Waals surface area contributed by atoms with E-state index in [1.165, 1.54) is 25.4 Å². The molecule has 6 nitrogen and oxygen atoms in total. The second-order valence-corrected chi connectivity index (χ2v) is 5.87. The number of hydrogen-bond acceptors (Lipinski definition) is 6. The minimum absolute atomic E-state index is 0.169. The van der Waals surface area contributed by atoms with Crippen LogP contribution in [-0.2, 0) is 4.84 Å². The van der Waals surface area contributed by atoms with Crippen molar-refractivity contribution >= 4 is 11.5 Å². The zero-order chi connectivity index (χ0) is 17.6. The van der Waals surface area contributed by atoms with Crippen LogP contribution in [0.2, 0.25) is 0 Å². The van der Waals surface area contributed by atoms with Crippen molar-refractivity contribution in [1.82, 2.24) is 9.88 Å². The molecule has 0 bridgehead atoms. The lowest BCUT2D eigenvalue weighted by Crippen LogP contribution is -2.48. The summed E-state index contributed by atoms with van der Waals surface area (Å²) in [6, 6.07) is 9.74. The molecule has 1 N–H and O–H groups in total. The number of oxime groups is 1. The summed E-state index contributed by atoms with van der Waals surface area (Å²) in [4.78, 5) is 13.7. The summed E-state index contributed by atoms with van der Waals surface area (Å²) in [5.41, 5.74) is 1.63. The highest BCUT2D eigenvalue weighted by Crippen LogP contribution is 2.17. The second kappa shape index (κ2) is 7.94. The largest absolute Gasteiger partial charge is 0.506 e. The Hall–Kier alpha value is -2.67. The third-order valence-electron chi connectivity index (χ3n) is 4.18. The molecule has 7 heteroatoms. The van der Waals surface area contributed by atoms with Crippen molar-refractivity contribution in [2.45, 2.75) is 0 Å². The Bertz CT molecular complexity index is 711. The van der Waals surface area contributed by atoms with E-state index in [9.17, 15) is 9.50 Å². The molecule has 0 aliphatic carbocycles. The number of halogens is 1. The van der Waals surface area contributed by atoms with Crippen LogP contribution in [-0.4, -0.2) is 60.5 Å². The molecule has 0 amide bonds. The average molecular weight is 344 g/mol. The van der Waals surface area contributed by atoms with Crippen LogP contribution in [0, 0.1) is 5.82 Å². The summed E-state index contributed by atoms with van der Waals surface area (Å²) in [5.74, 6) is 0.763. The van der Waals surface area contributed by atoms with E-state index < -0.39 is 0 Å². The van der Waals surface area contributed by atoms with E-state index in [2.05, 4.69) is 19.9 Å². The standard InChI is InChI=1S/C18H21FN4O2/c1-25-21-17(14-2-4-15(19)5-3-14)13-22-8-10-23(11-9-22)18-7-6-16(24)12-20-18/h2-7,12,24H,8-11,13H2,1H3/b21-17-. The van der Waals surface area contributed by atoms with Crippen molar-refractivity contribution < 1.29 is 14.3 Å². The molecule has 1 saturated heterocycles. The minimum atomic E-state index is -0.268. The van der Waals surface area contributed by atoms with E-state index in [1.54, 1.807) is 18.2 Å². The van der Waals surface area contributed by atoms with Gasteiger partial charge in [-0.2, -0.15) is 0 Å². The van der Waals surface area contributed by atoms with Crippen LogP contribution >= 0.6 is 0 Å². The Morgan fingerprint density at radius 1 is 1.16 bits per heavy atom. The van der Waals surface area contributed by atoms with Gasteiger partial charge in [0.2, 0.25) is 0 Å². The van der Waals surface area contributed by atoms with E-state index >= 15 is 0 Å². The van der Waals surface area contributed by atoms with Crippen molar-refractivity contribution in [3.8, 4) is 5.75 Å². The Morgan fingerprint density at radius 3 is 2.48 bits per heavy atom. The molecule has 1 aliphatic heterocycles. The van der Waals surface area contributed by atoms with Crippen molar-refractivity contribution in [3.63, 3.8) is 0 Å². The van der Waals surface area contributed by atoms with Crippen LogP contribution in [0.4, 0.5) is 10.2 Å². The van der Waals surface area contributed by atoms with E-state index in [1.807, 2.05) is 6.07 Å². The van der Waals surface area contributed by atoms with Crippen LogP contribution in [0.15, 0.2) is 47.8 Å². The first-order valence-electron chi connectivity index (χ1n) is 8.14. The highest BCUT2D eigenvalue weighted by Gasteiger charge is 2.20. The number of aromatic hydroxyl groups is 1. The van der Waals surface area contributed by atoms with Crippen LogP contribution in [0.5, 0.6) is 5.75 Å². The van der Waals surface area contributed by atoms with Gasteiger partial charge in [-0.15, -0.1) is 0 Å². The molecule has 3 rings (SSSR count). The fourth-order valence-electron chi connectivity index (χ4n) is 2.84. The number of hydrogen-bond donors (Lipinski definition) is 1. The molecule has 0 unspecified atom stereocenters. The van der Waals surface area contributed by atoms with Gasteiger partial charge in [0.15, 0.2) is 0 Å². The average Bonchev–Trinajstić information content (AvgIpc) is 2.63. The van der Waals surface area contributed by atoms with Gasteiger partial charge in [-0.05, 0) is 24.3 Å². The number of aromatic nitrogens is 1. The van der Waals surface area contributed by atoms with Crippen LogP contribution in [0.3, 0.4) is 0 Å². The first-order valence-corrected chi connectivity index (χ1v) is 8.14. The van der Waals surface area contributed by atoms with Gasteiger partial charge < -0.3 is 14.8 Å². The number of rotatable bonds is 5. The Labute approximate surface area is 146 Å². The maximum absolute atomic E-state index is 13.1. The van der Waals surface area contributed by atoms with Gasteiger partial charge in [0, 0.05) is 38.3 Å². The van der Waals surface area contributed by atoms with Crippen LogP contribution in [0.25, 0.3) is 0 Å². The topological polar surface area (TPSA) is 61.2 Å². The molecule has 0 spiro atoms. The lowest BCUT2D eigenvalue weighted by Gasteiger charge is -2.35. The molecule has 2 aromatic rings. The molecule has 1 aromatic carbocycles. The molecule has 1 aromatic heterocycles.